The summed E-state index contributed by atoms with van der Waals surface area (Å²) >= 11 is 0. The van der Waals surface area contributed by atoms with Crippen molar-refractivity contribution in [3.8, 4) is 0 Å². The number of rotatable bonds is 48. The van der Waals surface area contributed by atoms with Gasteiger partial charge in [0.25, 0.3) is 0 Å². The normalized spacial score (nSPS) is 12.9. The number of carbonyl (C=O) groups excluding carboxylic acids is 2. The van der Waals surface area contributed by atoms with Crippen LogP contribution in [0, 0.1) is 0 Å². The van der Waals surface area contributed by atoms with Gasteiger partial charge in [-0.15, -0.1) is 0 Å². The molecule has 0 aliphatic rings. The number of allylic oxidation sites excluding steroid dienone is 5. The van der Waals surface area contributed by atoms with Crippen molar-refractivity contribution in [2.45, 2.75) is 283 Å². The highest BCUT2D eigenvalue weighted by atomic mass is 16.5. The van der Waals surface area contributed by atoms with E-state index in [2.05, 4.69) is 43.5 Å². The number of aliphatic hydroxyl groups excluding tert-OH is 2. The van der Waals surface area contributed by atoms with Crippen LogP contribution in [0.5, 0.6) is 0 Å². The molecule has 0 saturated heterocycles. The monoisotopic (exact) mass is 844 g/mol. The van der Waals surface area contributed by atoms with Crippen molar-refractivity contribution in [1.29, 1.82) is 0 Å². The van der Waals surface area contributed by atoms with E-state index in [0.29, 0.717) is 19.4 Å². The van der Waals surface area contributed by atoms with Gasteiger partial charge < -0.3 is 20.3 Å². The number of unbranched alkanes of at least 4 members (excludes halogenated alkanes) is 33. The summed E-state index contributed by atoms with van der Waals surface area (Å²) in [4.78, 5) is 24.4. The molecule has 6 heteroatoms. The second-order valence-corrected chi connectivity index (χ2v) is 17.8. The van der Waals surface area contributed by atoms with Gasteiger partial charge in [-0.2, -0.15) is 0 Å². The van der Waals surface area contributed by atoms with Crippen LogP contribution in [0.3, 0.4) is 0 Å². The number of amides is 1. The van der Waals surface area contributed by atoms with Crippen molar-refractivity contribution in [3.05, 3.63) is 36.5 Å². The molecule has 0 aliphatic heterocycles. The lowest BCUT2D eigenvalue weighted by molar-refractivity contribution is -0.143. The van der Waals surface area contributed by atoms with E-state index < -0.39 is 12.1 Å². The minimum absolute atomic E-state index is 0.0228. The molecule has 1 amide bonds. The third kappa shape index (κ3) is 45.6. The summed E-state index contributed by atoms with van der Waals surface area (Å²) in [6.45, 7) is 4.82. The minimum atomic E-state index is -0.855. The van der Waals surface area contributed by atoms with E-state index in [9.17, 15) is 19.8 Å². The molecule has 0 bridgehead atoms. The predicted molar refractivity (Wildman–Crippen MR) is 259 cm³/mol. The fourth-order valence-corrected chi connectivity index (χ4v) is 7.78. The van der Waals surface area contributed by atoms with Crippen LogP contribution in [-0.4, -0.2) is 47.4 Å². The lowest BCUT2D eigenvalue weighted by Gasteiger charge is -2.20. The first-order valence-corrected chi connectivity index (χ1v) is 26.3. The van der Waals surface area contributed by atoms with Gasteiger partial charge in [0, 0.05) is 12.8 Å². The average molecular weight is 844 g/mol. The van der Waals surface area contributed by atoms with Crippen molar-refractivity contribution in [2.24, 2.45) is 0 Å². The van der Waals surface area contributed by atoms with Crippen molar-refractivity contribution in [2.75, 3.05) is 13.2 Å². The highest BCUT2D eigenvalue weighted by Crippen LogP contribution is 2.15. The zero-order valence-electron chi connectivity index (χ0n) is 39.9. The van der Waals surface area contributed by atoms with Crippen molar-refractivity contribution in [1.82, 2.24) is 5.32 Å². The lowest BCUT2D eigenvalue weighted by Crippen LogP contribution is -2.45. The van der Waals surface area contributed by atoms with Crippen molar-refractivity contribution < 1.29 is 24.5 Å². The molecule has 0 aromatic rings. The molecule has 352 valence electrons. The van der Waals surface area contributed by atoms with Gasteiger partial charge >= 0.3 is 5.97 Å². The fourth-order valence-electron chi connectivity index (χ4n) is 7.78. The van der Waals surface area contributed by atoms with E-state index in [-0.39, 0.29) is 18.5 Å². The quantitative estimate of drug-likeness (QED) is 0.0322. The summed E-state index contributed by atoms with van der Waals surface area (Å²) in [5.74, 6) is -0.106. The molecule has 0 rings (SSSR count). The molecular formula is C54H101NO5. The predicted octanol–water partition coefficient (Wildman–Crippen LogP) is 15.7. The zero-order valence-corrected chi connectivity index (χ0v) is 39.9. The zero-order chi connectivity index (χ0) is 43.7. The average Bonchev–Trinajstić information content (AvgIpc) is 3.25. The second kappa shape index (κ2) is 49.7. The smallest absolute Gasteiger partial charge is 0.305 e. The first kappa shape index (κ1) is 58.1. The third-order valence-electron chi connectivity index (χ3n) is 11.9. The molecule has 2 atom stereocenters. The summed E-state index contributed by atoms with van der Waals surface area (Å²) in [5.41, 5.74) is 0. The molecule has 0 aromatic carbocycles. The van der Waals surface area contributed by atoms with Crippen LogP contribution in [0.15, 0.2) is 36.5 Å². The molecule has 0 aliphatic carbocycles. The highest BCUT2D eigenvalue weighted by molar-refractivity contribution is 5.76. The van der Waals surface area contributed by atoms with Crippen LogP contribution in [0.25, 0.3) is 0 Å². The number of esters is 1. The summed E-state index contributed by atoms with van der Waals surface area (Å²) in [6.07, 6.45) is 60.0. The fraction of sp³-hybridized carbons (Fsp3) is 0.852. The van der Waals surface area contributed by atoms with Crippen LogP contribution in [0.1, 0.15) is 271 Å². The number of hydrogen-bond donors (Lipinski definition) is 3. The van der Waals surface area contributed by atoms with Crippen LogP contribution < -0.4 is 5.32 Å². The van der Waals surface area contributed by atoms with Gasteiger partial charge in [0.15, 0.2) is 0 Å². The number of carbonyl (C=O) groups is 2. The van der Waals surface area contributed by atoms with Gasteiger partial charge in [0.2, 0.25) is 5.91 Å². The number of ether oxygens (including phenoxy) is 1. The molecule has 0 heterocycles. The van der Waals surface area contributed by atoms with E-state index in [1.54, 1.807) is 6.08 Å². The van der Waals surface area contributed by atoms with Gasteiger partial charge in [0.05, 0.1) is 25.4 Å². The summed E-state index contributed by atoms with van der Waals surface area (Å²) in [6, 6.07) is -0.639. The molecule has 0 radical (unpaired) electrons. The first-order valence-electron chi connectivity index (χ1n) is 26.3. The van der Waals surface area contributed by atoms with Crippen molar-refractivity contribution >= 4 is 11.9 Å². The number of nitrogens with one attached hydrogen (secondary N) is 1. The van der Waals surface area contributed by atoms with Gasteiger partial charge in [-0.3, -0.25) is 9.59 Å². The van der Waals surface area contributed by atoms with Gasteiger partial charge in [-0.05, 0) is 77.0 Å². The molecule has 0 fully saturated rings. The highest BCUT2D eigenvalue weighted by Gasteiger charge is 2.18. The topological polar surface area (TPSA) is 95.9 Å². The summed E-state index contributed by atoms with van der Waals surface area (Å²) < 4.78 is 5.43. The SMILES string of the molecule is CCCC/C=C\CCCCCCCC(=O)OCCCCCC/C=C\CCCCCCCCCC(=O)NC(CO)C(O)/C=C/CCCCCCCCCCCCCCCCC. The Bertz CT molecular complexity index is 977. The molecule has 6 nitrogen and oxygen atoms in total. The molecule has 0 spiro atoms. The number of hydrogen-bond acceptors (Lipinski definition) is 5. The van der Waals surface area contributed by atoms with Crippen LogP contribution >= 0.6 is 0 Å². The van der Waals surface area contributed by atoms with E-state index in [0.717, 1.165) is 70.6 Å². The number of aliphatic hydroxyl groups is 2. The maximum Gasteiger partial charge on any atom is 0.305 e. The van der Waals surface area contributed by atoms with Crippen molar-refractivity contribution in [3.63, 3.8) is 0 Å². The second-order valence-electron chi connectivity index (χ2n) is 17.8. The molecule has 60 heavy (non-hydrogen) atoms. The maximum atomic E-state index is 12.4. The van der Waals surface area contributed by atoms with E-state index in [1.807, 2.05) is 6.08 Å². The summed E-state index contributed by atoms with van der Waals surface area (Å²) in [5, 5.41) is 23.1. The molecular weight excluding hydrogens is 743 g/mol. The van der Waals surface area contributed by atoms with E-state index in [1.165, 1.54) is 173 Å². The molecule has 3 N–H and O–H groups in total. The third-order valence-corrected chi connectivity index (χ3v) is 11.9. The Kier molecular flexibility index (Phi) is 48.1. The van der Waals surface area contributed by atoms with Gasteiger partial charge in [-0.1, -0.05) is 217 Å². The Morgan fingerprint density at radius 2 is 0.800 bits per heavy atom. The van der Waals surface area contributed by atoms with Crippen LogP contribution in [0.2, 0.25) is 0 Å². The van der Waals surface area contributed by atoms with E-state index in [4.69, 9.17) is 4.74 Å². The van der Waals surface area contributed by atoms with Crippen LogP contribution in [-0.2, 0) is 14.3 Å². The standard InChI is InChI=1S/C54H101NO5/c1-3-5-7-9-11-13-15-16-17-18-20-23-27-30-34-38-42-46-52(57)51(50-56)55-53(58)47-43-39-35-31-28-24-21-19-22-25-29-33-37-41-45-49-60-54(59)48-44-40-36-32-26-14-12-10-8-6-4-2/h10,12,22,25,42,46,51-52,56-57H,3-9,11,13-21,23-24,26-41,43-45,47-50H2,1-2H3,(H,55,58)/b12-10-,25-22-,46-42+. The Balaban J connectivity index is 3.53. The van der Waals surface area contributed by atoms with E-state index >= 15 is 0 Å². The maximum absolute atomic E-state index is 12.4. The lowest BCUT2D eigenvalue weighted by atomic mass is 10.0. The molecule has 2 unspecified atom stereocenters. The Labute approximate surface area is 373 Å². The summed E-state index contributed by atoms with van der Waals surface area (Å²) in [7, 11) is 0. The van der Waals surface area contributed by atoms with Gasteiger partial charge in [-0.25, -0.2) is 0 Å². The minimum Gasteiger partial charge on any atom is -0.466 e. The Morgan fingerprint density at radius 1 is 0.450 bits per heavy atom. The van der Waals surface area contributed by atoms with Gasteiger partial charge in [0.1, 0.15) is 0 Å². The Morgan fingerprint density at radius 3 is 1.23 bits per heavy atom. The largest absolute Gasteiger partial charge is 0.466 e. The molecule has 0 aromatic heterocycles. The molecule has 0 saturated carbocycles. The van der Waals surface area contributed by atoms with Crippen LogP contribution in [0.4, 0.5) is 0 Å². The first-order chi connectivity index (χ1) is 29.5. The Hall–Kier alpha value is -1.92.